The van der Waals surface area contributed by atoms with Gasteiger partial charge in [0.25, 0.3) is 0 Å². The second-order valence-electron chi connectivity index (χ2n) is 4.86. The summed E-state index contributed by atoms with van der Waals surface area (Å²) in [6.45, 7) is 4.87. The Morgan fingerprint density at radius 3 is 2.76 bits per heavy atom. The molecule has 1 aliphatic heterocycles. The fourth-order valence-corrected chi connectivity index (χ4v) is 3.31. The van der Waals surface area contributed by atoms with Crippen LogP contribution in [0.2, 0.25) is 0 Å². The summed E-state index contributed by atoms with van der Waals surface area (Å²) in [7, 11) is 0. The molecular weight excluding hydrogens is 230 g/mol. The molecule has 0 atom stereocenters. The van der Waals surface area contributed by atoms with Crippen LogP contribution >= 0.6 is 11.8 Å². The highest BCUT2D eigenvalue weighted by molar-refractivity contribution is 7.98. The summed E-state index contributed by atoms with van der Waals surface area (Å²) >= 11 is 2.00. The lowest BCUT2D eigenvalue weighted by molar-refractivity contribution is 0.189. The van der Waals surface area contributed by atoms with Crippen LogP contribution in [-0.2, 0) is 6.54 Å². The Balaban J connectivity index is 1.58. The van der Waals surface area contributed by atoms with Crippen LogP contribution in [0, 0.1) is 5.92 Å². The number of aryl methyl sites for hydroxylation is 1. The molecule has 17 heavy (non-hydrogen) atoms. The first-order chi connectivity index (χ1) is 8.38. The molecule has 0 aliphatic carbocycles. The number of rotatable bonds is 6. The van der Waals surface area contributed by atoms with Crippen molar-refractivity contribution in [3.8, 4) is 0 Å². The summed E-state index contributed by atoms with van der Waals surface area (Å²) in [6, 6.07) is 1.99. The lowest BCUT2D eigenvalue weighted by Gasteiger charge is -2.31. The van der Waals surface area contributed by atoms with E-state index in [-0.39, 0.29) is 0 Å². The van der Waals surface area contributed by atoms with E-state index < -0.39 is 0 Å². The molecule has 1 fully saturated rings. The van der Waals surface area contributed by atoms with Crippen molar-refractivity contribution in [1.82, 2.24) is 14.7 Å². The van der Waals surface area contributed by atoms with Gasteiger partial charge in [-0.05, 0) is 62.9 Å². The minimum absolute atomic E-state index is 0.965. The van der Waals surface area contributed by atoms with Crippen molar-refractivity contribution in [2.45, 2.75) is 25.8 Å². The number of nitrogens with zero attached hydrogens (tertiary/aromatic N) is 3. The highest BCUT2D eigenvalue weighted by atomic mass is 32.2. The summed E-state index contributed by atoms with van der Waals surface area (Å²) < 4.78 is 2.03. The van der Waals surface area contributed by atoms with Gasteiger partial charge in [-0.3, -0.25) is 4.68 Å². The first-order valence-electron chi connectivity index (χ1n) is 6.57. The quantitative estimate of drug-likeness (QED) is 0.776. The molecule has 4 heteroatoms. The van der Waals surface area contributed by atoms with Crippen LogP contribution in [0.15, 0.2) is 18.5 Å². The van der Waals surface area contributed by atoms with E-state index in [1.165, 1.54) is 44.6 Å². The Morgan fingerprint density at radius 2 is 2.12 bits per heavy atom. The van der Waals surface area contributed by atoms with Crippen LogP contribution in [0.3, 0.4) is 0 Å². The van der Waals surface area contributed by atoms with E-state index in [4.69, 9.17) is 0 Å². The smallest absolute Gasteiger partial charge is 0.0489 e. The van der Waals surface area contributed by atoms with Gasteiger partial charge < -0.3 is 4.90 Å². The van der Waals surface area contributed by atoms with Crippen LogP contribution in [0.5, 0.6) is 0 Å². The molecule has 0 bridgehead atoms. The number of hydrogen-bond donors (Lipinski definition) is 0. The van der Waals surface area contributed by atoms with Gasteiger partial charge in [0, 0.05) is 18.9 Å². The molecule has 0 unspecified atom stereocenters. The average Bonchev–Trinajstić information content (AvgIpc) is 2.85. The van der Waals surface area contributed by atoms with Crippen LogP contribution in [0.1, 0.15) is 19.3 Å². The van der Waals surface area contributed by atoms with Gasteiger partial charge in [0.1, 0.15) is 0 Å². The van der Waals surface area contributed by atoms with Crippen molar-refractivity contribution in [2.24, 2.45) is 5.92 Å². The molecule has 1 saturated heterocycles. The van der Waals surface area contributed by atoms with E-state index in [1.807, 2.05) is 34.9 Å². The summed E-state index contributed by atoms with van der Waals surface area (Å²) in [4.78, 5) is 2.61. The maximum Gasteiger partial charge on any atom is 0.0489 e. The number of thioether (sulfide) groups is 1. The summed E-state index contributed by atoms with van der Waals surface area (Å²) in [5.41, 5.74) is 0. The third-order valence-corrected chi connectivity index (χ3v) is 4.34. The monoisotopic (exact) mass is 253 g/mol. The molecule has 0 radical (unpaired) electrons. The molecule has 1 aromatic heterocycles. The zero-order valence-electron chi connectivity index (χ0n) is 10.7. The molecule has 2 heterocycles. The van der Waals surface area contributed by atoms with Gasteiger partial charge in [-0.25, -0.2) is 0 Å². The maximum absolute atomic E-state index is 4.23. The Hall–Kier alpha value is -0.480. The summed E-state index contributed by atoms with van der Waals surface area (Å²) in [5, 5.41) is 4.23. The molecule has 0 N–H and O–H groups in total. The standard InChI is InChI=1S/C13H23N3S/c1-17-12-13-4-10-15(11-5-13)7-3-9-16-8-2-6-14-16/h2,6,8,13H,3-5,7,9-12H2,1H3. The topological polar surface area (TPSA) is 21.1 Å². The fraction of sp³-hybridized carbons (Fsp3) is 0.769. The zero-order chi connectivity index (χ0) is 11.9. The Labute approximate surface area is 109 Å². The highest BCUT2D eigenvalue weighted by Gasteiger charge is 2.17. The number of hydrogen-bond acceptors (Lipinski definition) is 3. The Morgan fingerprint density at radius 1 is 1.29 bits per heavy atom. The van der Waals surface area contributed by atoms with E-state index in [9.17, 15) is 0 Å². The Bertz CT molecular complexity index is 292. The van der Waals surface area contributed by atoms with Gasteiger partial charge >= 0.3 is 0 Å². The van der Waals surface area contributed by atoms with Crippen LogP contribution < -0.4 is 0 Å². The maximum atomic E-state index is 4.23. The van der Waals surface area contributed by atoms with Crippen LogP contribution in [0.25, 0.3) is 0 Å². The van der Waals surface area contributed by atoms with Gasteiger partial charge in [0.2, 0.25) is 0 Å². The molecule has 0 aromatic carbocycles. The van der Waals surface area contributed by atoms with Gasteiger partial charge in [0.15, 0.2) is 0 Å². The summed E-state index contributed by atoms with van der Waals surface area (Å²) in [5.74, 6) is 2.31. The third kappa shape index (κ3) is 4.36. The molecule has 1 aromatic rings. The normalized spacial score (nSPS) is 18.6. The second-order valence-corrected chi connectivity index (χ2v) is 5.77. The SMILES string of the molecule is CSCC1CCN(CCCn2cccn2)CC1. The third-order valence-electron chi connectivity index (χ3n) is 3.53. The van der Waals surface area contributed by atoms with E-state index in [0.717, 1.165) is 12.5 Å². The lowest BCUT2D eigenvalue weighted by atomic mass is 9.99. The van der Waals surface area contributed by atoms with E-state index in [1.54, 1.807) is 0 Å². The Kier molecular flexibility index (Phi) is 5.39. The first-order valence-corrected chi connectivity index (χ1v) is 7.96. The van der Waals surface area contributed by atoms with E-state index in [0.29, 0.717) is 0 Å². The molecule has 2 rings (SSSR count). The largest absolute Gasteiger partial charge is 0.303 e. The molecule has 96 valence electrons. The van der Waals surface area contributed by atoms with Crippen LogP contribution in [-0.4, -0.2) is 46.3 Å². The summed E-state index contributed by atoms with van der Waals surface area (Å²) in [6.07, 6.45) is 10.1. The molecule has 1 aliphatic rings. The number of piperidine rings is 1. The predicted molar refractivity (Wildman–Crippen MR) is 74.4 cm³/mol. The van der Waals surface area contributed by atoms with E-state index >= 15 is 0 Å². The fourth-order valence-electron chi connectivity index (χ4n) is 2.50. The highest BCUT2D eigenvalue weighted by Crippen LogP contribution is 2.20. The molecular formula is C13H23N3S. The minimum Gasteiger partial charge on any atom is -0.303 e. The van der Waals surface area contributed by atoms with Crippen molar-refractivity contribution in [2.75, 3.05) is 31.6 Å². The molecule has 0 spiro atoms. The van der Waals surface area contributed by atoms with Gasteiger partial charge in [0.05, 0.1) is 0 Å². The van der Waals surface area contributed by atoms with Crippen LogP contribution in [0.4, 0.5) is 0 Å². The molecule has 0 amide bonds. The van der Waals surface area contributed by atoms with Crippen molar-refractivity contribution in [3.05, 3.63) is 18.5 Å². The van der Waals surface area contributed by atoms with E-state index in [2.05, 4.69) is 16.3 Å². The van der Waals surface area contributed by atoms with Crippen molar-refractivity contribution in [3.63, 3.8) is 0 Å². The average molecular weight is 253 g/mol. The minimum atomic E-state index is 0.965. The number of likely N-dealkylation sites (tertiary alicyclic amines) is 1. The number of aromatic nitrogens is 2. The first kappa shape index (κ1) is 13.0. The molecule has 0 saturated carbocycles. The van der Waals surface area contributed by atoms with Crippen molar-refractivity contribution >= 4 is 11.8 Å². The second kappa shape index (κ2) is 7.07. The van der Waals surface area contributed by atoms with Crippen molar-refractivity contribution < 1.29 is 0 Å². The zero-order valence-corrected chi connectivity index (χ0v) is 11.5. The predicted octanol–water partition coefficient (Wildman–Crippen LogP) is 2.35. The molecule has 3 nitrogen and oxygen atoms in total. The lowest BCUT2D eigenvalue weighted by Crippen LogP contribution is -2.35. The van der Waals surface area contributed by atoms with Gasteiger partial charge in [-0.15, -0.1) is 0 Å². The van der Waals surface area contributed by atoms with Crippen molar-refractivity contribution in [1.29, 1.82) is 0 Å². The van der Waals surface area contributed by atoms with Gasteiger partial charge in [-0.2, -0.15) is 16.9 Å². The van der Waals surface area contributed by atoms with Gasteiger partial charge in [-0.1, -0.05) is 0 Å².